The minimum atomic E-state index is -0.710. The smallest absolute Gasteiger partial charge is 0.320 e. The van der Waals surface area contributed by atoms with Crippen molar-refractivity contribution in [3.63, 3.8) is 0 Å². The van der Waals surface area contributed by atoms with Crippen LogP contribution in [0.1, 0.15) is 24.8 Å². The summed E-state index contributed by atoms with van der Waals surface area (Å²) in [6.07, 6.45) is 6.51. The van der Waals surface area contributed by atoms with E-state index >= 15 is 0 Å². The van der Waals surface area contributed by atoms with E-state index in [2.05, 4.69) is 14.9 Å². The summed E-state index contributed by atoms with van der Waals surface area (Å²) in [5.74, 6) is -0.710. The summed E-state index contributed by atoms with van der Waals surface area (Å²) >= 11 is 0. The quantitative estimate of drug-likeness (QED) is 0.884. The lowest BCUT2D eigenvalue weighted by atomic mass is 10.0. The maximum absolute atomic E-state index is 11.3. The number of hydrogen-bond acceptors (Lipinski definition) is 3. The van der Waals surface area contributed by atoms with Crippen LogP contribution in [0, 0.1) is 0 Å². The van der Waals surface area contributed by atoms with Crippen LogP contribution in [-0.4, -0.2) is 38.5 Å². The average molecular weight is 259 g/mol. The van der Waals surface area contributed by atoms with Gasteiger partial charge in [-0.1, -0.05) is 6.42 Å². The van der Waals surface area contributed by atoms with E-state index in [-0.39, 0.29) is 6.04 Å². The normalized spacial score (nSPS) is 20.7. The lowest BCUT2D eigenvalue weighted by Crippen LogP contribution is -2.43. The number of H-pyrrole nitrogens is 1. The van der Waals surface area contributed by atoms with E-state index in [0.29, 0.717) is 6.54 Å². The van der Waals surface area contributed by atoms with Crippen LogP contribution in [-0.2, 0) is 11.3 Å². The number of carboxylic acid groups (broad SMARTS) is 1. The molecule has 0 saturated carbocycles. The third kappa shape index (κ3) is 2.33. The zero-order valence-electron chi connectivity index (χ0n) is 10.7. The zero-order valence-corrected chi connectivity index (χ0v) is 10.7. The van der Waals surface area contributed by atoms with Crippen molar-refractivity contribution in [3.05, 3.63) is 30.1 Å². The van der Waals surface area contributed by atoms with Gasteiger partial charge in [0.15, 0.2) is 0 Å². The topological polar surface area (TPSA) is 69.2 Å². The van der Waals surface area contributed by atoms with Crippen molar-refractivity contribution in [2.24, 2.45) is 0 Å². The minimum Gasteiger partial charge on any atom is -0.480 e. The molecule has 1 fully saturated rings. The molecule has 5 heteroatoms. The highest BCUT2D eigenvalue weighted by molar-refractivity contribution is 5.79. The molecule has 0 spiro atoms. The van der Waals surface area contributed by atoms with E-state index in [0.717, 1.165) is 42.4 Å². The molecule has 100 valence electrons. The third-order valence-corrected chi connectivity index (χ3v) is 3.81. The van der Waals surface area contributed by atoms with E-state index in [1.54, 1.807) is 6.20 Å². The molecule has 0 aliphatic carbocycles. The lowest BCUT2D eigenvalue weighted by molar-refractivity contribution is -0.144. The Balaban J connectivity index is 1.85. The fraction of sp³-hybridized carbons (Fsp3) is 0.429. The molecule has 0 amide bonds. The summed E-state index contributed by atoms with van der Waals surface area (Å²) in [5.41, 5.74) is 1.98. The Morgan fingerprint density at radius 2 is 2.42 bits per heavy atom. The number of nitrogens with one attached hydrogen (secondary N) is 1. The molecule has 19 heavy (non-hydrogen) atoms. The Morgan fingerprint density at radius 1 is 1.53 bits per heavy atom. The van der Waals surface area contributed by atoms with Crippen LogP contribution in [0.5, 0.6) is 0 Å². The standard InChI is InChI=1S/C14H17N3O2/c18-14(19)12-5-1-2-7-17(12)9-10-8-16-13-11(10)4-3-6-15-13/h3-4,6,8,12H,1-2,5,7,9H2,(H,15,16)(H,18,19). The molecule has 3 rings (SSSR count). The van der Waals surface area contributed by atoms with Gasteiger partial charge in [-0.25, -0.2) is 4.98 Å². The Morgan fingerprint density at radius 3 is 3.26 bits per heavy atom. The molecule has 1 saturated heterocycles. The highest BCUT2D eigenvalue weighted by Crippen LogP contribution is 2.23. The first-order chi connectivity index (χ1) is 9.25. The number of fused-ring (bicyclic) bond motifs is 1. The number of pyridine rings is 1. The van der Waals surface area contributed by atoms with E-state index in [1.807, 2.05) is 18.3 Å². The first kappa shape index (κ1) is 12.2. The Hall–Kier alpha value is -1.88. The van der Waals surface area contributed by atoms with Crippen molar-refractivity contribution in [2.75, 3.05) is 6.54 Å². The molecule has 1 aliphatic heterocycles. The van der Waals surface area contributed by atoms with Gasteiger partial charge < -0.3 is 10.1 Å². The fourth-order valence-electron chi connectivity index (χ4n) is 2.82. The second kappa shape index (κ2) is 5.01. The molecule has 0 aromatic carbocycles. The Labute approximate surface area is 111 Å². The van der Waals surface area contributed by atoms with Crippen molar-refractivity contribution in [3.8, 4) is 0 Å². The van der Waals surface area contributed by atoms with Gasteiger partial charge in [0.05, 0.1) is 0 Å². The van der Waals surface area contributed by atoms with Crippen molar-refractivity contribution in [1.29, 1.82) is 0 Å². The number of rotatable bonds is 3. The predicted molar refractivity (Wildman–Crippen MR) is 71.8 cm³/mol. The van der Waals surface area contributed by atoms with Crippen LogP contribution in [0.15, 0.2) is 24.5 Å². The molecule has 3 heterocycles. The monoisotopic (exact) mass is 259 g/mol. The van der Waals surface area contributed by atoms with Gasteiger partial charge in [-0.05, 0) is 37.1 Å². The van der Waals surface area contributed by atoms with Crippen molar-refractivity contribution in [2.45, 2.75) is 31.8 Å². The molecule has 1 atom stereocenters. The van der Waals surface area contributed by atoms with E-state index in [9.17, 15) is 9.90 Å². The highest BCUT2D eigenvalue weighted by Gasteiger charge is 2.28. The molecule has 2 N–H and O–H groups in total. The van der Waals surface area contributed by atoms with Gasteiger partial charge in [-0.3, -0.25) is 9.69 Å². The van der Waals surface area contributed by atoms with Gasteiger partial charge >= 0.3 is 5.97 Å². The summed E-state index contributed by atoms with van der Waals surface area (Å²) in [6.45, 7) is 1.52. The van der Waals surface area contributed by atoms with Gasteiger partial charge in [0.25, 0.3) is 0 Å². The second-order valence-corrected chi connectivity index (χ2v) is 5.03. The first-order valence-electron chi connectivity index (χ1n) is 6.63. The second-order valence-electron chi connectivity index (χ2n) is 5.03. The Bertz CT molecular complexity index is 593. The summed E-state index contributed by atoms with van der Waals surface area (Å²) in [4.78, 5) is 20.7. The van der Waals surface area contributed by atoms with Crippen LogP contribution in [0.2, 0.25) is 0 Å². The fourth-order valence-corrected chi connectivity index (χ4v) is 2.82. The zero-order chi connectivity index (χ0) is 13.2. The highest BCUT2D eigenvalue weighted by atomic mass is 16.4. The van der Waals surface area contributed by atoms with E-state index < -0.39 is 5.97 Å². The largest absolute Gasteiger partial charge is 0.480 e. The van der Waals surface area contributed by atoms with Crippen molar-refractivity contribution < 1.29 is 9.90 Å². The van der Waals surface area contributed by atoms with Crippen molar-refractivity contribution >= 4 is 17.0 Å². The molecule has 1 aliphatic rings. The van der Waals surface area contributed by atoms with Crippen molar-refractivity contribution in [1.82, 2.24) is 14.9 Å². The van der Waals surface area contributed by atoms with Gasteiger partial charge in [0.2, 0.25) is 0 Å². The van der Waals surface area contributed by atoms with Crippen LogP contribution < -0.4 is 0 Å². The van der Waals surface area contributed by atoms with Gasteiger partial charge in [0.1, 0.15) is 11.7 Å². The molecule has 1 unspecified atom stereocenters. The molecule has 2 aromatic heterocycles. The Kier molecular flexibility index (Phi) is 3.21. The van der Waals surface area contributed by atoms with E-state index in [1.165, 1.54) is 0 Å². The van der Waals surface area contributed by atoms with Crippen LogP contribution in [0.3, 0.4) is 0 Å². The predicted octanol–water partition coefficient (Wildman–Crippen LogP) is 2.00. The number of carboxylic acids is 1. The molecular formula is C14H17N3O2. The number of nitrogens with zero attached hydrogens (tertiary/aromatic N) is 2. The number of aromatic amines is 1. The summed E-state index contributed by atoms with van der Waals surface area (Å²) in [5, 5.41) is 10.4. The molecule has 5 nitrogen and oxygen atoms in total. The maximum Gasteiger partial charge on any atom is 0.320 e. The summed E-state index contributed by atoms with van der Waals surface area (Å²) in [7, 11) is 0. The minimum absolute atomic E-state index is 0.352. The molecule has 0 radical (unpaired) electrons. The summed E-state index contributed by atoms with van der Waals surface area (Å²) in [6, 6.07) is 3.58. The number of likely N-dealkylation sites (tertiary alicyclic amines) is 1. The number of carbonyl (C=O) groups is 1. The van der Waals surface area contributed by atoms with Gasteiger partial charge in [-0.15, -0.1) is 0 Å². The van der Waals surface area contributed by atoms with Crippen LogP contribution in [0.25, 0.3) is 11.0 Å². The third-order valence-electron chi connectivity index (χ3n) is 3.81. The average Bonchev–Trinajstić information content (AvgIpc) is 2.83. The number of piperidine rings is 1. The number of hydrogen-bond donors (Lipinski definition) is 2. The molecule has 0 bridgehead atoms. The summed E-state index contributed by atoms with van der Waals surface area (Å²) < 4.78 is 0. The van der Waals surface area contributed by atoms with E-state index in [4.69, 9.17) is 0 Å². The number of aliphatic carboxylic acids is 1. The molecule has 2 aromatic rings. The SMILES string of the molecule is O=C(O)C1CCCCN1Cc1c[nH]c2ncccc12. The lowest BCUT2D eigenvalue weighted by Gasteiger charge is -2.32. The number of aromatic nitrogens is 2. The maximum atomic E-state index is 11.3. The van der Waals surface area contributed by atoms with Crippen LogP contribution in [0.4, 0.5) is 0 Å². The molecular weight excluding hydrogens is 242 g/mol. The van der Waals surface area contributed by atoms with Crippen LogP contribution >= 0.6 is 0 Å². The van der Waals surface area contributed by atoms with Gasteiger partial charge in [-0.2, -0.15) is 0 Å². The first-order valence-corrected chi connectivity index (χ1v) is 6.63. The van der Waals surface area contributed by atoms with Gasteiger partial charge in [0, 0.05) is 24.3 Å².